The van der Waals surface area contributed by atoms with E-state index in [9.17, 15) is 9.59 Å². The molecule has 1 aromatic rings. The first-order valence-corrected chi connectivity index (χ1v) is 6.78. The van der Waals surface area contributed by atoms with Gasteiger partial charge in [0.1, 0.15) is 11.6 Å². The van der Waals surface area contributed by atoms with Crippen molar-refractivity contribution in [3.05, 3.63) is 30.1 Å². The van der Waals surface area contributed by atoms with Gasteiger partial charge in [0.25, 0.3) is 0 Å². The Balaban J connectivity index is 0.00000484. The normalized spacial score (nSPS) is 11.1. The Bertz CT molecular complexity index is 573. The lowest BCUT2D eigenvalue weighted by Crippen LogP contribution is -2.43. The number of methoxy groups -OCH3 is 1. The number of hydrogen-bond acceptors (Lipinski definition) is 5. The predicted molar refractivity (Wildman–Crippen MR) is 88.2 cm³/mol. The number of nitrogens with zero attached hydrogens (tertiary/aromatic N) is 1. The summed E-state index contributed by atoms with van der Waals surface area (Å²) in [7, 11) is 1.25. The smallest absolute Gasteiger partial charge is 0.408 e. The second-order valence-electron chi connectivity index (χ2n) is 5.47. The highest BCUT2D eigenvalue weighted by Gasteiger charge is 2.24. The average Bonchev–Trinajstić information content (AvgIpc) is 2.44. The number of pyridine rings is 1. The van der Waals surface area contributed by atoms with Crippen LogP contribution in [0.1, 0.15) is 32.8 Å². The maximum Gasteiger partial charge on any atom is 0.408 e. The van der Waals surface area contributed by atoms with E-state index in [0.717, 1.165) is 5.56 Å². The van der Waals surface area contributed by atoms with E-state index in [1.807, 2.05) is 0 Å². The lowest BCUT2D eigenvalue weighted by molar-refractivity contribution is -0.143. The van der Waals surface area contributed by atoms with E-state index in [-0.39, 0.29) is 18.8 Å². The molecule has 0 spiro atoms. The Labute approximate surface area is 142 Å². The molecule has 0 radical (unpaired) electrons. The molecule has 0 unspecified atom stereocenters. The summed E-state index contributed by atoms with van der Waals surface area (Å²) in [5.41, 5.74) is 0.0787. The van der Waals surface area contributed by atoms with Gasteiger partial charge in [-0.3, -0.25) is 4.98 Å². The van der Waals surface area contributed by atoms with E-state index < -0.39 is 23.7 Å². The highest BCUT2D eigenvalue weighted by molar-refractivity contribution is 5.85. The molecule has 1 rings (SSSR count). The van der Waals surface area contributed by atoms with Crippen LogP contribution in [0.15, 0.2) is 24.5 Å². The molecule has 1 atom stereocenters. The first kappa shape index (κ1) is 20.7. The van der Waals surface area contributed by atoms with Gasteiger partial charge in [0.05, 0.1) is 7.11 Å². The van der Waals surface area contributed by atoms with Crippen molar-refractivity contribution < 1.29 is 19.1 Å². The van der Waals surface area contributed by atoms with E-state index in [4.69, 9.17) is 4.74 Å². The van der Waals surface area contributed by atoms with E-state index in [0.29, 0.717) is 0 Å². The zero-order chi connectivity index (χ0) is 16.6. The molecule has 1 aromatic heterocycles. The number of alkyl carbamates (subject to hydrolysis) is 1. The molecular weight excluding hydrogens is 320 g/mol. The number of esters is 1. The number of hydrogen-bond donors (Lipinski definition) is 1. The van der Waals surface area contributed by atoms with Crippen LogP contribution in [0.4, 0.5) is 4.79 Å². The first-order valence-electron chi connectivity index (χ1n) is 6.78. The quantitative estimate of drug-likeness (QED) is 0.675. The minimum atomic E-state index is -0.885. The van der Waals surface area contributed by atoms with Gasteiger partial charge in [-0.15, -0.1) is 12.4 Å². The number of amides is 1. The molecular formula is C16H21ClN2O4. The van der Waals surface area contributed by atoms with E-state index in [1.54, 1.807) is 45.3 Å². The van der Waals surface area contributed by atoms with Crippen LogP contribution in [0.25, 0.3) is 0 Å². The summed E-state index contributed by atoms with van der Waals surface area (Å²) in [6.45, 7) is 5.21. The number of ether oxygens (including phenoxy) is 2. The van der Waals surface area contributed by atoms with Gasteiger partial charge in [-0.25, -0.2) is 9.59 Å². The van der Waals surface area contributed by atoms with Gasteiger partial charge >= 0.3 is 12.1 Å². The van der Waals surface area contributed by atoms with Gasteiger partial charge in [0.2, 0.25) is 0 Å². The fourth-order valence-electron chi connectivity index (χ4n) is 1.48. The van der Waals surface area contributed by atoms with Crippen LogP contribution in [0.5, 0.6) is 0 Å². The van der Waals surface area contributed by atoms with Crippen molar-refractivity contribution >= 4 is 24.5 Å². The van der Waals surface area contributed by atoms with Crippen LogP contribution in [0, 0.1) is 11.8 Å². The van der Waals surface area contributed by atoms with Crippen molar-refractivity contribution in [3.63, 3.8) is 0 Å². The Morgan fingerprint density at radius 2 is 2.09 bits per heavy atom. The molecule has 6 nitrogen and oxygen atoms in total. The third-order valence-electron chi connectivity index (χ3n) is 2.38. The van der Waals surface area contributed by atoms with Crippen molar-refractivity contribution in [2.75, 3.05) is 7.11 Å². The second kappa shape index (κ2) is 9.70. The summed E-state index contributed by atoms with van der Waals surface area (Å²) < 4.78 is 9.77. The standard InChI is InChI=1S/C16H20N2O4.ClH/c1-16(2,3)22-15(20)18-13(14(19)21-4)9-5-7-12-8-6-10-17-11-12;/h6,8,10-11,13H,9H2,1-4H3,(H,18,20);1H/t13-;/m0./s1. The Kier molecular flexibility index (Phi) is 8.74. The number of aromatic nitrogens is 1. The number of carbonyl (C=O) groups is 2. The van der Waals surface area contributed by atoms with Gasteiger partial charge in [0, 0.05) is 24.4 Å². The molecule has 1 amide bonds. The van der Waals surface area contributed by atoms with Crippen molar-refractivity contribution in [1.82, 2.24) is 10.3 Å². The molecule has 0 saturated carbocycles. The Morgan fingerprint density at radius 1 is 1.39 bits per heavy atom. The molecule has 0 bridgehead atoms. The molecule has 0 aliphatic rings. The SMILES string of the molecule is COC(=O)[C@H](CC#Cc1cccnc1)NC(=O)OC(C)(C)C.Cl. The van der Waals surface area contributed by atoms with Crippen LogP contribution < -0.4 is 5.32 Å². The molecule has 1 N–H and O–H groups in total. The fourth-order valence-corrected chi connectivity index (χ4v) is 1.48. The lowest BCUT2D eigenvalue weighted by Gasteiger charge is -2.21. The minimum Gasteiger partial charge on any atom is -0.467 e. The maximum atomic E-state index is 11.7. The highest BCUT2D eigenvalue weighted by Crippen LogP contribution is 2.07. The molecule has 23 heavy (non-hydrogen) atoms. The van der Waals surface area contributed by atoms with Crippen LogP contribution in [0.3, 0.4) is 0 Å². The first-order chi connectivity index (χ1) is 10.3. The molecule has 0 aromatic carbocycles. The molecule has 7 heteroatoms. The van der Waals surface area contributed by atoms with Gasteiger partial charge in [-0.1, -0.05) is 11.8 Å². The molecule has 0 aliphatic heterocycles. The summed E-state index contributed by atoms with van der Waals surface area (Å²) in [5, 5.41) is 2.46. The van der Waals surface area contributed by atoms with Crippen LogP contribution in [-0.2, 0) is 14.3 Å². The third-order valence-corrected chi connectivity index (χ3v) is 2.38. The van der Waals surface area contributed by atoms with E-state index in [1.165, 1.54) is 7.11 Å². The average molecular weight is 341 g/mol. The number of rotatable bonds is 3. The summed E-state index contributed by atoms with van der Waals surface area (Å²) in [5.74, 6) is 5.11. The third kappa shape index (κ3) is 8.69. The van der Waals surface area contributed by atoms with Gasteiger partial charge in [0.15, 0.2) is 0 Å². The predicted octanol–water partition coefficient (Wildman–Crippen LogP) is 2.31. The van der Waals surface area contributed by atoms with Crippen LogP contribution in [0.2, 0.25) is 0 Å². The van der Waals surface area contributed by atoms with Gasteiger partial charge in [-0.2, -0.15) is 0 Å². The summed E-state index contributed by atoms with van der Waals surface area (Å²) >= 11 is 0. The lowest BCUT2D eigenvalue weighted by atomic mass is 10.2. The topological polar surface area (TPSA) is 77.5 Å². The fraction of sp³-hybridized carbons (Fsp3) is 0.438. The van der Waals surface area contributed by atoms with Crippen molar-refractivity contribution in [2.24, 2.45) is 0 Å². The monoisotopic (exact) mass is 340 g/mol. The molecule has 0 saturated heterocycles. The van der Waals surface area contributed by atoms with Crippen LogP contribution in [-0.4, -0.2) is 35.8 Å². The summed E-state index contributed by atoms with van der Waals surface area (Å²) in [6.07, 6.45) is 2.68. The van der Waals surface area contributed by atoms with Crippen molar-refractivity contribution in [2.45, 2.75) is 38.8 Å². The van der Waals surface area contributed by atoms with Crippen molar-refractivity contribution in [3.8, 4) is 11.8 Å². The number of nitrogens with one attached hydrogen (secondary N) is 1. The number of halogens is 1. The molecule has 1 heterocycles. The zero-order valence-electron chi connectivity index (χ0n) is 13.6. The maximum absolute atomic E-state index is 11.7. The summed E-state index contributed by atoms with van der Waals surface area (Å²) in [6, 6.07) is 2.68. The highest BCUT2D eigenvalue weighted by atomic mass is 35.5. The molecule has 0 aliphatic carbocycles. The zero-order valence-corrected chi connectivity index (χ0v) is 14.4. The van der Waals surface area contributed by atoms with Gasteiger partial charge < -0.3 is 14.8 Å². The largest absolute Gasteiger partial charge is 0.467 e. The van der Waals surface area contributed by atoms with Gasteiger partial charge in [-0.05, 0) is 32.9 Å². The van der Waals surface area contributed by atoms with Crippen LogP contribution >= 0.6 is 12.4 Å². The number of carbonyl (C=O) groups excluding carboxylic acids is 2. The Hall–Kier alpha value is -2.26. The van der Waals surface area contributed by atoms with Crippen molar-refractivity contribution in [1.29, 1.82) is 0 Å². The second-order valence-corrected chi connectivity index (χ2v) is 5.47. The minimum absolute atomic E-state index is 0. The van der Waals surface area contributed by atoms with E-state index >= 15 is 0 Å². The summed E-state index contributed by atoms with van der Waals surface area (Å²) in [4.78, 5) is 27.3. The molecule has 126 valence electrons. The van der Waals surface area contributed by atoms with E-state index in [2.05, 4.69) is 26.9 Å². The molecule has 0 fully saturated rings. The Morgan fingerprint density at radius 3 is 2.61 bits per heavy atom.